The fraction of sp³-hybridized carbons (Fsp3) is 0.294. The molecule has 13 heteroatoms. The molecule has 0 unspecified atom stereocenters. The van der Waals surface area contributed by atoms with Crippen LogP contribution in [0.1, 0.15) is 5.56 Å². The number of aromatic nitrogens is 6. The van der Waals surface area contributed by atoms with Crippen molar-refractivity contribution in [1.82, 2.24) is 29.7 Å². The van der Waals surface area contributed by atoms with Gasteiger partial charge in [-0.15, -0.1) is 10.2 Å². The second-order valence-corrected chi connectivity index (χ2v) is 6.11. The van der Waals surface area contributed by atoms with Crippen molar-refractivity contribution in [3.63, 3.8) is 0 Å². The van der Waals surface area contributed by atoms with Crippen molar-refractivity contribution >= 4 is 29.1 Å². The zero-order chi connectivity index (χ0) is 20.9. The van der Waals surface area contributed by atoms with Gasteiger partial charge in [0.15, 0.2) is 23.1 Å². The maximum Gasteiger partial charge on any atom is 0.252 e. The highest BCUT2D eigenvalue weighted by Crippen LogP contribution is 2.36. The average molecular weight is 406 g/mol. The number of nitrogen functional groups attached to an aromatic ring is 1. The first-order valence-electron chi connectivity index (χ1n) is 9.06. The van der Waals surface area contributed by atoms with Gasteiger partial charge in [-0.3, -0.25) is 0 Å². The largest absolute Gasteiger partial charge is 0.378 e. The summed E-state index contributed by atoms with van der Waals surface area (Å²) >= 11 is 0. The lowest BCUT2D eigenvalue weighted by molar-refractivity contribution is 0.122. The molecule has 0 amide bonds. The van der Waals surface area contributed by atoms with E-state index in [1.807, 2.05) is 4.90 Å². The Labute approximate surface area is 171 Å². The van der Waals surface area contributed by atoms with Gasteiger partial charge in [0.25, 0.3) is 5.95 Å². The molecule has 13 nitrogen and oxygen atoms in total. The second-order valence-electron chi connectivity index (χ2n) is 6.11. The molecule has 4 rings (SSSR count). The van der Waals surface area contributed by atoms with E-state index in [4.69, 9.17) is 10.5 Å². The Hall–Kier alpha value is -4.18. The van der Waals surface area contributed by atoms with Gasteiger partial charge < -0.3 is 20.7 Å². The highest BCUT2D eigenvalue weighted by atomic mass is 16.5. The van der Waals surface area contributed by atoms with Crippen molar-refractivity contribution in [2.45, 2.75) is 0 Å². The molecular weight excluding hydrogens is 388 g/mol. The molecule has 152 valence electrons. The lowest BCUT2D eigenvalue weighted by atomic mass is 10.3. The van der Waals surface area contributed by atoms with Crippen molar-refractivity contribution in [1.29, 1.82) is 5.26 Å². The van der Waals surface area contributed by atoms with Gasteiger partial charge in [-0.1, -0.05) is 0 Å². The van der Waals surface area contributed by atoms with E-state index in [0.717, 1.165) is 0 Å². The molecule has 1 fully saturated rings. The standard InChI is InChI=1S/C17H18N12O/c1-20-13-12(15(25-16(19)24-13)28-5-7-30-8-6-28)26-27-14-11(9-18)10-23-29(14)17-21-3-2-4-22-17/h2-4,10H,5-8H2,1H3,(H3,19,20,24,25). The first-order chi connectivity index (χ1) is 14.7. The Bertz CT molecular complexity index is 1100. The van der Waals surface area contributed by atoms with E-state index in [0.29, 0.717) is 43.6 Å². The Morgan fingerprint density at radius 1 is 1.20 bits per heavy atom. The minimum atomic E-state index is 0.111. The summed E-state index contributed by atoms with van der Waals surface area (Å²) in [4.78, 5) is 18.9. The molecule has 0 saturated carbocycles. The summed E-state index contributed by atoms with van der Waals surface area (Å²) in [6, 6.07) is 3.73. The lowest BCUT2D eigenvalue weighted by Crippen LogP contribution is -2.37. The van der Waals surface area contributed by atoms with Gasteiger partial charge in [-0.05, 0) is 6.07 Å². The molecule has 0 radical (unpaired) electrons. The predicted octanol–water partition coefficient (Wildman–Crippen LogP) is 1.20. The Morgan fingerprint density at radius 2 is 1.97 bits per heavy atom. The molecule has 3 aromatic heterocycles. The minimum absolute atomic E-state index is 0.111. The number of nitriles is 1. The highest BCUT2D eigenvalue weighted by Gasteiger charge is 2.22. The fourth-order valence-electron chi connectivity index (χ4n) is 2.88. The summed E-state index contributed by atoms with van der Waals surface area (Å²) in [5.74, 6) is 1.51. The Kier molecular flexibility index (Phi) is 5.39. The van der Waals surface area contributed by atoms with Gasteiger partial charge >= 0.3 is 0 Å². The molecule has 4 heterocycles. The van der Waals surface area contributed by atoms with Gasteiger partial charge in [0, 0.05) is 32.5 Å². The lowest BCUT2D eigenvalue weighted by Gasteiger charge is -2.28. The quantitative estimate of drug-likeness (QED) is 0.587. The van der Waals surface area contributed by atoms with Crippen LogP contribution in [0.25, 0.3) is 5.95 Å². The van der Waals surface area contributed by atoms with Crippen molar-refractivity contribution in [3.8, 4) is 12.0 Å². The third kappa shape index (κ3) is 3.71. The SMILES string of the molecule is CNc1nc(N)nc(N2CCOCC2)c1N=Nc1c(C#N)cnn1-c1ncccn1. The van der Waals surface area contributed by atoms with Crippen molar-refractivity contribution in [2.75, 3.05) is 49.3 Å². The zero-order valence-electron chi connectivity index (χ0n) is 16.1. The highest BCUT2D eigenvalue weighted by molar-refractivity contribution is 5.76. The van der Waals surface area contributed by atoms with Crippen LogP contribution in [-0.4, -0.2) is 63.1 Å². The van der Waals surface area contributed by atoms with Gasteiger partial charge in [0.05, 0.1) is 19.4 Å². The van der Waals surface area contributed by atoms with E-state index in [1.165, 1.54) is 10.9 Å². The molecule has 3 N–H and O–H groups in total. The molecule has 0 bridgehead atoms. The number of nitrogens with two attached hydrogens (primary N) is 1. The Balaban J connectivity index is 1.80. The number of anilines is 3. The first-order valence-corrected chi connectivity index (χ1v) is 9.06. The van der Waals surface area contributed by atoms with Gasteiger partial charge in [0.1, 0.15) is 11.6 Å². The smallest absolute Gasteiger partial charge is 0.252 e. The van der Waals surface area contributed by atoms with Gasteiger partial charge in [-0.2, -0.15) is 25.0 Å². The van der Waals surface area contributed by atoms with Crippen LogP contribution in [0.3, 0.4) is 0 Å². The number of hydrogen-bond donors (Lipinski definition) is 2. The number of rotatable bonds is 5. The normalized spacial score (nSPS) is 14.1. The number of nitrogens with one attached hydrogen (secondary N) is 1. The topological polar surface area (TPSA) is 168 Å². The van der Waals surface area contributed by atoms with Crippen LogP contribution in [0.15, 0.2) is 34.9 Å². The van der Waals surface area contributed by atoms with E-state index in [2.05, 4.69) is 46.6 Å². The van der Waals surface area contributed by atoms with Crippen LogP contribution in [0.5, 0.6) is 0 Å². The van der Waals surface area contributed by atoms with Crippen LogP contribution in [0.2, 0.25) is 0 Å². The third-order valence-electron chi connectivity index (χ3n) is 4.28. The predicted molar refractivity (Wildman–Crippen MR) is 107 cm³/mol. The maximum atomic E-state index is 9.45. The summed E-state index contributed by atoms with van der Waals surface area (Å²) in [7, 11) is 1.70. The van der Waals surface area contributed by atoms with Crippen LogP contribution >= 0.6 is 0 Å². The molecule has 1 saturated heterocycles. The van der Waals surface area contributed by atoms with E-state index in [-0.39, 0.29) is 23.3 Å². The fourth-order valence-corrected chi connectivity index (χ4v) is 2.88. The first kappa shape index (κ1) is 19.2. The van der Waals surface area contributed by atoms with Gasteiger partial charge in [-0.25, -0.2) is 9.97 Å². The Morgan fingerprint density at radius 3 is 2.67 bits per heavy atom. The molecule has 30 heavy (non-hydrogen) atoms. The van der Waals surface area contributed by atoms with Crippen molar-refractivity contribution in [2.24, 2.45) is 10.2 Å². The number of hydrogen-bond acceptors (Lipinski definition) is 12. The van der Waals surface area contributed by atoms with Crippen molar-refractivity contribution in [3.05, 3.63) is 30.2 Å². The molecule has 3 aromatic rings. The average Bonchev–Trinajstić information content (AvgIpc) is 3.21. The van der Waals surface area contributed by atoms with E-state index in [1.54, 1.807) is 25.5 Å². The molecule has 0 aromatic carbocycles. The number of morpholine rings is 1. The second kappa shape index (κ2) is 8.45. The number of ether oxygens (including phenoxy) is 1. The van der Waals surface area contributed by atoms with E-state index in [9.17, 15) is 5.26 Å². The summed E-state index contributed by atoms with van der Waals surface area (Å²) in [6.45, 7) is 2.38. The molecule has 1 aliphatic rings. The number of azo groups is 1. The molecule has 0 atom stereocenters. The summed E-state index contributed by atoms with van der Waals surface area (Å²) in [5, 5.41) is 25.2. The summed E-state index contributed by atoms with van der Waals surface area (Å²) < 4.78 is 6.76. The zero-order valence-corrected chi connectivity index (χ0v) is 16.1. The maximum absolute atomic E-state index is 9.45. The molecular formula is C17H18N12O. The minimum Gasteiger partial charge on any atom is -0.378 e. The molecule has 0 spiro atoms. The summed E-state index contributed by atoms with van der Waals surface area (Å²) in [5.41, 5.74) is 6.49. The van der Waals surface area contributed by atoms with E-state index < -0.39 is 0 Å². The molecule has 1 aliphatic heterocycles. The van der Waals surface area contributed by atoms with Crippen molar-refractivity contribution < 1.29 is 4.74 Å². The summed E-state index contributed by atoms with van der Waals surface area (Å²) in [6.07, 6.45) is 4.52. The number of nitrogens with zero attached hydrogens (tertiary/aromatic N) is 10. The van der Waals surface area contributed by atoms with Crippen LogP contribution in [-0.2, 0) is 4.74 Å². The van der Waals surface area contributed by atoms with Gasteiger partial charge in [0.2, 0.25) is 5.95 Å². The molecule has 0 aliphatic carbocycles. The van der Waals surface area contributed by atoms with Crippen LogP contribution in [0, 0.1) is 11.3 Å². The third-order valence-corrected chi connectivity index (χ3v) is 4.28. The van der Waals surface area contributed by atoms with E-state index >= 15 is 0 Å². The van der Waals surface area contributed by atoms with Crippen LogP contribution < -0.4 is 16.0 Å². The monoisotopic (exact) mass is 406 g/mol. The van der Waals surface area contributed by atoms with Crippen LogP contribution in [0.4, 0.5) is 29.1 Å².